The van der Waals surface area contributed by atoms with Gasteiger partial charge < -0.3 is 9.84 Å². The fourth-order valence-electron chi connectivity index (χ4n) is 1.91. The first-order valence-electron chi connectivity index (χ1n) is 6.33. The molecule has 0 radical (unpaired) electrons. The molecule has 0 atom stereocenters. The minimum atomic E-state index is -0.0395. The van der Waals surface area contributed by atoms with Crippen molar-refractivity contribution < 1.29 is 9.84 Å². The average molecular weight is 266 g/mol. The van der Waals surface area contributed by atoms with Crippen LogP contribution in [0.5, 0.6) is 11.5 Å². The third-order valence-electron chi connectivity index (χ3n) is 2.93. The van der Waals surface area contributed by atoms with Crippen molar-refractivity contribution in [2.45, 2.75) is 6.61 Å². The highest BCUT2D eigenvalue weighted by Gasteiger charge is 2.04. The number of aliphatic hydroxyl groups excluding tert-OH is 1. The fraction of sp³-hybridized carbons (Fsp3) is 0.0625. The molecule has 2 N–H and O–H groups in total. The number of aliphatic hydroxyl groups is 1. The average Bonchev–Trinajstić information content (AvgIpc) is 2.98. The molecule has 0 aliphatic rings. The molecule has 4 nitrogen and oxygen atoms in total. The number of aromatic amines is 1. The number of ether oxygens (including phenoxy) is 1. The van der Waals surface area contributed by atoms with Gasteiger partial charge in [0, 0.05) is 5.56 Å². The van der Waals surface area contributed by atoms with E-state index >= 15 is 0 Å². The van der Waals surface area contributed by atoms with Gasteiger partial charge in [0.25, 0.3) is 0 Å². The maximum Gasteiger partial charge on any atom is 0.127 e. The van der Waals surface area contributed by atoms with E-state index in [-0.39, 0.29) is 6.61 Å². The maximum absolute atomic E-state index is 9.01. The molecule has 0 spiro atoms. The second kappa shape index (κ2) is 5.59. The molecule has 0 unspecified atom stereocenters. The van der Waals surface area contributed by atoms with Crippen molar-refractivity contribution in [2.24, 2.45) is 0 Å². The Morgan fingerprint density at radius 3 is 2.30 bits per heavy atom. The normalized spacial score (nSPS) is 10.4. The zero-order chi connectivity index (χ0) is 13.8. The topological polar surface area (TPSA) is 58.1 Å². The fourth-order valence-corrected chi connectivity index (χ4v) is 1.91. The molecule has 0 fully saturated rings. The van der Waals surface area contributed by atoms with Gasteiger partial charge in [0.1, 0.15) is 11.5 Å². The molecule has 0 aliphatic carbocycles. The highest BCUT2D eigenvalue weighted by molar-refractivity contribution is 5.60. The Balaban J connectivity index is 1.77. The molecule has 20 heavy (non-hydrogen) atoms. The van der Waals surface area contributed by atoms with Crippen LogP contribution in [0.4, 0.5) is 0 Å². The molecule has 1 heterocycles. The number of nitrogens with zero attached hydrogens (tertiary/aromatic N) is 1. The van der Waals surface area contributed by atoms with E-state index in [1.807, 2.05) is 60.7 Å². The molecule has 3 rings (SSSR count). The second-order valence-electron chi connectivity index (χ2n) is 4.38. The Morgan fingerprint density at radius 2 is 1.65 bits per heavy atom. The summed E-state index contributed by atoms with van der Waals surface area (Å²) in [5, 5.41) is 15.9. The quantitative estimate of drug-likeness (QED) is 0.761. The lowest BCUT2D eigenvalue weighted by Crippen LogP contribution is -1.84. The van der Waals surface area contributed by atoms with Gasteiger partial charge in [-0.1, -0.05) is 18.2 Å². The van der Waals surface area contributed by atoms with Crippen LogP contribution in [0.15, 0.2) is 60.7 Å². The number of aromatic nitrogens is 2. The Kier molecular flexibility index (Phi) is 3.48. The van der Waals surface area contributed by atoms with Gasteiger partial charge in [-0.15, -0.1) is 0 Å². The highest BCUT2D eigenvalue weighted by Crippen LogP contribution is 2.25. The van der Waals surface area contributed by atoms with Crippen molar-refractivity contribution in [3.8, 4) is 22.8 Å². The summed E-state index contributed by atoms with van der Waals surface area (Å²) < 4.78 is 5.73. The predicted octanol–water partition coefficient (Wildman–Crippen LogP) is 3.36. The smallest absolute Gasteiger partial charge is 0.127 e. The Labute approximate surface area is 116 Å². The largest absolute Gasteiger partial charge is 0.457 e. The van der Waals surface area contributed by atoms with E-state index in [0.717, 1.165) is 22.8 Å². The lowest BCUT2D eigenvalue weighted by molar-refractivity contribution is 0.276. The summed E-state index contributed by atoms with van der Waals surface area (Å²) in [5.74, 6) is 1.58. The van der Waals surface area contributed by atoms with Crippen molar-refractivity contribution in [1.29, 1.82) is 0 Å². The molecule has 0 amide bonds. The van der Waals surface area contributed by atoms with Gasteiger partial charge in [-0.3, -0.25) is 5.10 Å². The standard InChI is InChI=1S/C16H14N2O2/c19-11-13-10-16(18-17-13)12-6-8-15(9-7-12)20-14-4-2-1-3-5-14/h1-10,19H,11H2,(H,17,18). The van der Waals surface area contributed by atoms with Crippen LogP contribution in [0, 0.1) is 0 Å². The monoisotopic (exact) mass is 266 g/mol. The van der Waals surface area contributed by atoms with Crippen LogP contribution < -0.4 is 4.74 Å². The summed E-state index contributed by atoms with van der Waals surface area (Å²) in [6, 6.07) is 19.1. The zero-order valence-electron chi connectivity index (χ0n) is 10.8. The molecule has 4 heteroatoms. The first kappa shape index (κ1) is 12.4. The number of rotatable bonds is 4. The third-order valence-corrected chi connectivity index (χ3v) is 2.93. The van der Waals surface area contributed by atoms with Crippen molar-refractivity contribution in [3.63, 3.8) is 0 Å². The van der Waals surface area contributed by atoms with Gasteiger partial charge in [-0.25, -0.2) is 0 Å². The summed E-state index contributed by atoms with van der Waals surface area (Å²) >= 11 is 0. The first-order valence-corrected chi connectivity index (χ1v) is 6.33. The van der Waals surface area contributed by atoms with Crippen LogP contribution in [0.1, 0.15) is 5.69 Å². The number of hydrogen-bond acceptors (Lipinski definition) is 3. The number of H-pyrrole nitrogens is 1. The number of hydrogen-bond donors (Lipinski definition) is 2. The van der Waals surface area contributed by atoms with Crippen molar-refractivity contribution in [1.82, 2.24) is 10.2 Å². The highest BCUT2D eigenvalue weighted by atomic mass is 16.5. The second-order valence-corrected chi connectivity index (χ2v) is 4.38. The van der Waals surface area contributed by atoms with Crippen LogP contribution in [-0.2, 0) is 6.61 Å². The summed E-state index contributed by atoms with van der Waals surface area (Å²) in [5.41, 5.74) is 2.48. The predicted molar refractivity (Wildman–Crippen MR) is 76.5 cm³/mol. The maximum atomic E-state index is 9.01. The van der Waals surface area contributed by atoms with Crippen LogP contribution in [0.25, 0.3) is 11.3 Å². The third kappa shape index (κ3) is 2.70. The van der Waals surface area contributed by atoms with E-state index in [2.05, 4.69) is 10.2 Å². The first-order chi connectivity index (χ1) is 9.85. The van der Waals surface area contributed by atoms with Crippen molar-refractivity contribution in [2.75, 3.05) is 0 Å². The van der Waals surface area contributed by atoms with Crippen LogP contribution >= 0.6 is 0 Å². The molecular formula is C16H14N2O2. The SMILES string of the molecule is OCc1cc(-c2ccc(Oc3ccccc3)cc2)n[nH]1. The molecule has 0 saturated carbocycles. The molecule has 0 bridgehead atoms. The molecule has 0 saturated heterocycles. The van der Waals surface area contributed by atoms with E-state index < -0.39 is 0 Å². The van der Waals surface area contributed by atoms with Crippen molar-refractivity contribution in [3.05, 3.63) is 66.4 Å². The van der Waals surface area contributed by atoms with E-state index in [0.29, 0.717) is 5.69 Å². The zero-order valence-corrected chi connectivity index (χ0v) is 10.8. The number of para-hydroxylation sites is 1. The minimum absolute atomic E-state index is 0.0395. The summed E-state index contributed by atoms with van der Waals surface area (Å²) in [6.07, 6.45) is 0. The Morgan fingerprint density at radius 1 is 0.950 bits per heavy atom. The van der Waals surface area contributed by atoms with Crippen molar-refractivity contribution >= 4 is 0 Å². The van der Waals surface area contributed by atoms with Crippen LogP contribution in [0.3, 0.4) is 0 Å². The van der Waals surface area contributed by atoms with Gasteiger partial charge in [-0.05, 0) is 42.5 Å². The molecule has 2 aromatic carbocycles. The van der Waals surface area contributed by atoms with E-state index in [1.54, 1.807) is 0 Å². The summed E-state index contributed by atoms with van der Waals surface area (Å²) in [6.45, 7) is -0.0395. The van der Waals surface area contributed by atoms with Gasteiger partial charge in [0.05, 0.1) is 18.0 Å². The number of benzene rings is 2. The Hall–Kier alpha value is -2.59. The van der Waals surface area contributed by atoms with Crippen LogP contribution in [-0.4, -0.2) is 15.3 Å². The van der Waals surface area contributed by atoms with E-state index in [4.69, 9.17) is 9.84 Å². The van der Waals surface area contributed by atoms with E-state index in [1.165, 1.54) is 0 Å². The van der Waals surface area contributed by atoms with Gasteiger partial charge in [-0.2, -0.15) is 5.10 Å². The minimum Gasteiger partial charge on any atom is -0.457 e. The van der Waals surface area contributed by atoms with Gasteiger partial charge in [0.15, 0.2) is 0 Å². The Bertz CT molecular complexity index is 675. The molecule has 100 valence electrons. The van der Waals surface area contributed by atoms with Gasteiger partial charge in [0.2, 0.25) is 0 Å². The number of nitrogens with one attached hydrogen (secondary N) is 1. The van der Waals surface area contributed by atoms with Gasteiger partial charge >= 0.3 is 0 Å². The summed E-state index contributed by atoms with van der Waals surface area (Å²) in [7, 11) is 0. The summed E-state index contributed by atoms with van der Waals surface area (Å²) in [4.78, 5) is 0. The van der Waals surface area contributed by atoms with E-state index in [9.17, 15) is 0 Å². The molecule has 1 aromatic heterocycles. The molecule has 3 aromatic rings. The van der Waals surface area contributed by atoms with Crippen LogP contribution in [0.2, 0.25) is 0 Å². The lowest BCUT2D eigenvalue weighted by Gasteiger charge is -2.05. The lowest BCUT2D eigenvalue weighted by atomic mass is 10.1. The molecular weight excluding hydrogens is 252 g/mol. The molecule has 0 aliphatic heterocycles.